The van der Waals surface area contributed by atoms with Crippen molar-refractivity contribution in [1.82, 2.24) is 10.6 Å². The maximum atomic E-state index is 11.5. The van der Waals surface area contributed by atoms with Crippen molar-refractivity contribution in [3.8, 4) is 0 Å². The van der Waals surface area contributed by atoms with Crippen LogP contribution >= 0.6 is 0 Å². The average Bonchev–Trinajstić information content (AvgIpc) is 2.08. The summed E-state index contributed by atoms with van der Waals surface area (Å²) in [4.78, 5) is 22.8. The molecule has 0 aromatic carbocycles. The molecule has 2 amide bonds. The van der Waals surface area contributed by atoms with E-state index in [-0.39, 0.29) is 17.2 Å². The Morgan fingerprint density at radius 3 is 1.88 bits per heavy atom. The van der Waals surface area contributed by atoms with Gasteiger partial charge in [-0.15, -0.1) is 0 Å². The summed E-state index contributed by atoms with van der Waals surface area (Å²) in [6.07, 6.45) is 1.04. The molecule has 0 aliphatic heterocycles. The first-order valence-electron chi connectivity index (χ1n) is 6.24. The van der Waals surface area contributed by atoms with Crippen molar-refractivity contribution in [2.45, 2.75) is 47.5 Å². The van der Waals surface area contributed by atoms with Gasteiger partial charge in [0.2, 0.25) is 11.8 Å². The minimum Gasteiger partial charge on any atom is -0.354 e. The topological polar surface area (TPSA) is 58.2 Å². The third kappa shape index (κ3) is 11.2. The van der Waals surface area contributed by atoms with Crippen molar-refractivity contribution < 1.29 is 9.59 Å². The van der Waals surface area contributed by atoms with Crippen molar-refractivity contribution in [2.75, 3.05) is 13.1 Å². The number of hydrogen-bond acceptors (Lipinski definition) is 2. The van der Waals surface area contributed by atoms with Gasteiger partial charge >= 0.3 is 0 Å². The number of carbonyl (C=O) groups is 2. The van der Waals surface area contributed by atoms with E-state index in [0.717, 1.165) is 0 Å². The van der Waals surface area contributed by atoms with E-state index in [1.165, 1.54) is 0 Å². The van der Waals surface area contributed by atoms with Crippen LogP contribution < -0.4 is 10.6 Å². The van der Waals surface area contributed by atoms with Crippen LogP contribution in [0.2, 0.25) is 0 Å². The van der Waals surface area contributed by atoms with Crippen LogP contribution in [-0.4, -0.2) is 24.9 Å². The lowest BCUT2D eigenvalue weighted by molar-refractivity contribution is -0.124. The van der Waals surface area contributed by atoms with Crippen LogP contribution in [0.1, 0.15) is 47.5 Å². The van der Waals surface area contributed by atoms with E-state index in [1.54, 1.807) is 0 Å². The first-order chi connectivity index (χ1) is 7.70. The van der Waals surface area contributed by atoms with Gasteiger partial charge in [-0.25, -0.2) is 0 Å². The highest BCUT2D eigenvalue weighted by atomic mass is 16.2. The summed E-state index contributed by atoms with van der Waals surface area (Å²) in [6, 6.07) is 0. The highest BCUT2D eigenvalue weighted by Gasteiger charge is 2.15. The van der Waals surface area contributed by atoms with Gasteiger partial charge in [0, 0.05) is 25.9 Å². The van der Waals surface area contributed by atoms with Crippen LogP contribution in [0.3, 0.4) is 0 Å². The van der Waals surface area contributed by atoms with Gasteiger partial charge in [0.15, 0.2) is 0 Å². The first-order valence-corrected chi connectivity index (χ1v) is 6.24. The Bertz CT molecular complexity index is 255. The number of rotatable bonds is 6. The Hall–Kier alpha value is -1.06. The lowest BCUT2D eigenvalue weighted by Gasteiger charge is -2.17. The van der Waals surface area contributed by atoms with Crippen LogP contribution in [-0.2, 0) is 9.59 Å². The Morgan fingerprint density at radius 1 is 1.00 bits per heavy atom. The smallest absolute Gasteiger partial charge is 0.220 e. The molecule has 0 saturated heterocycles. The molecule has 0 aromatic rings. The van der Waals surface area contributed by atoms with Crippen LogP contribution in [0.25, 0.3) is 0 Å². The zero-order valence-corrected chi connectivity index (χ0v) is 11.7. The summed E-state index contributed by atoms with van der Waals surface area (Å²) < 4.78 is 0. The van der Waals surface area contributed by atoms with E-state index >= 15 is 0 Å². The van der Waals surface area contributed by atoms with Crippen LogP contribution in [0.4, 0.5) is 0 Å². The molecule has 0 aliphatic carbocycles. The molecular formula is C13H26N2O2. The monoisotopic (exact) mass is 242 g/mol. The molecule has 0 atom stereocenters. The number of carbonyl (C=O) groups excluding carboxylic acids is 2. The zero-order chi connectivity index (χ0) is 13.5. The fourth-order valence-corrected chi connectivity index (χ4v) is 1.39. The highest BCUT2D eigenvalue weighted by molar-refractivity contribution is 5.77. The molecule has 0 heterocycles. The molecule has 2 N–H and O–H groups in total. The van der Waals surface area contributed by atoms with Crippen molar-refractivity contribution in [1.29, 1.82) is 0 Å². The van der Waals surface area contributed by atoms with Gasteiger partial charge in [-0.1, -0.05) is 34.6 Å². The Kier molecular flexibility index (Phi) is 6.85. The molecule has 0 bridgehead atoms. The standard InChI is InChI=1S/C13H26N2O2/c1-10(2)8-11(16)14-6-7-15-12(17)9-13(3,4)5/h10H,6-9H2,1-5H3,(H,14,16)(H,15,17). The van der Waals surface area contributed by atoms with Crippen LogP contribution in [0, 0.1) is 11.3 Å². The molecule has 0 fully saturated rings. The molecular weight excluding hydrogens is 216 g/mol. The van der Waals surface area contributed by atoms with Crippen molar-refractivity contribution in [3.05, 3.63) is 0 Å². The minimum atomic E-state index is 0.00493. The van der Waals surface area contributed by atoms with Gasteiger partial charge in [-0.3, -0.25) is 9.59 Å². The first kappa shape index (κ1) is 15.9. The van der Waals surface area contributed by atoms with Crippen molar-refractivity contribution in [3.63, 3.8) is 0 Å². The Labute approximate surface area is 105 Å². The highest BCUT2D eigenvalue weighted by Crippen LogP contribution is 2.17. The second kappa shape index (κ2) is 7.30. The van der Waals surface area contributed by atoms with Gasteiger partial charge < -0.3 is 10.6 Å². The van der Waals surface area contributed by atoms with E-state index in [0.29, 0.717) is 31.8 Å². The molecule has 0 radical (unpaired) electrons. The van der Waals surface area contributed by atoms with E-state index in [9.17, 15) is 9.59 Å². The van der Waals surface area contributed by atoms with Crippen LogP contribution in [0.15, 0.2) is 0 Å². The zero-order valence-electron chi connectivity index (χ0n) is 11.7. The average molecular weight is 242 g/mol. The fourth-order valence-electron chi connectivity index (χ4n) is 1.39. The van der Waals surface area contributed by atoms with E-state index < -0.39 is 0 Å². The minimum absolute atomic E-state index is 0.00493. The maximum Gasteiger partial charge on any atom is 0.220 e. The van der Waals surface area contributed by atoms with Gasteiger partial charge in [0.1, 0.15) is 0 Å². The quantitative estimate of drug-likeness (QED) is 0.697. The molecule has 0 aliphatic rings. The fraction of sp³-hybridized carbons (Fsp3) is 0.846. The summed E-state index contributed by atoms with van der Waals surface area (Å²) in [6.45, 7) is 11.1. The predicted molar refractivity (Wildman–Crippen MR) is 69.5 cm³/mol. The summed E-state index contributed by atoms with van der Waals surface area (Å²) >= 11 is 0. The summed E-state index contributed by atoms with van der Waals surface area (Å²) in [5.74, 6) is 0.450. The molecule has 0 unspecified atom stereocenters. The number of amides is 2. The third-order valence-corrected chi connectivity index (χ3v) is 2.05. The SMILES string of the molecule is CC(C)CC(=O)NCCNC(=O)CC(C)(C)C. The largest absolute Gasteiger partial charge is 0.354 e. The summed E-state index contributed by atoms with van der Waals surface area (Å²) in [5.41, 5.74) is 0.00493. The van der Waals surface area contributed by atoms with Crippen molar-refractivity contribution >= 4 is 11.8 Å². The van der Waals surface area contributed by atoms with Gasteiger partial charge in [-0.05, 0) is 11.3 Å². The molecule has 4 nitrogen and oxygen atoms in total. The Morgan fingerprint density at radius 2 is 1.47 bits per heavy atom. The molecule has 100 valence electrons. The van der Waals surface area contributed by atoms with E-state index in [2.05, 4.69) is 10.6 Å². The van der Waals surface area contributed by atoms with Gasteiger partial charge in [-0.2, -0.15) is 0 Å². The molecule has 0 spiro atoms. The van der Waals surface area contributed by atoms with Crippen molar-refractivity contribution in [2.24, 2.45) is 11.3 Å². The predicted octanol–water partition coefficient (Wildman–Crippen LogP) is 1.70. The molecule has 0 rings (SSSR count). The van der Waals surface area contributed by atoms with Crippen LogP contribution in [0.5, 0.6) is 0 Å². The second-order valence-corrected chi connectivity index (χ2v) is 6.04. The molecule has 4 heteroatoms. The summed E-state index contributed by atoms with van der Waals surface area (Å²) in [7, 11) is 0. The van der Waals surface area contributed by atoms with E-state index in [4.69, 9.17) is 0 Å². The number of nitrogens with one attached hydrogen (secondary N) is 2. The molecule has 0 aromatic heterocycles. The van der Waals surface area contributed by atoms with Gasteiger partial charge in [0.25, 0.3) is 0 Å². The van der Waals surface area contributed by atoms with E-state index in [1.807, 2.05) is 34.6 Å². The summed E-state index contributed by atoms with van der Waals surface area (Å²) in [5, 5.41) is 5.57. The Balaban J connectivity index is 3.58. The lowest BCUT2D eigenvalue weighted by Crippen LogP contribution is -2.36. The normalized spacial score (nSPS) is 11.4. The second-order valence-electron chi connectivity index (χ2n) is 6.04. The molecule has 17 heavy (non-hydrogen) atoms. The maximum absolute atomic E-state index is 11.5. The molecule has 0 saturated carbocycles. The van der Waals surface area contributed by atoms with Gasteiger partial charge in [0.05, 0.1) is 0 Å². The third-order valence-electron chi connectivity index (χ3n) is 2.05. The number of hydrogen-bond donors (Lipinski definition) is 2. The lowest BCUT2D eigenvalue weighted by atomic mass is 9.92.